The summed E-state index contributed by atoms with van der Waals surface area (Å²) in [6, 6.07) is 9.52. The molecule has 3 aromatic rings. The minimum Gasteiger partial charge on any atom is -0.359 e. The molecule has 23 heavy (non-hydrogen) atoms. The molecule has 0 spiro atoms. The number of benzene rings is 1. The van der Waals surface area contributed by atoms with Gasteiger partial charge in [0.15, 0.2) is 5.65 Å². The molecule has 0 aliphatic heterocycles. The van der Waals surface area contributed by atoms with Crippen molar-refractivity contribution < 1.29 is 0 Å². The van der Waals surface area contributed by atoms with Crippen molar-refractivity contribution in [2.45, 2.75) is 6.92 Å². The molecule has 0 aliphatic carbocycles. The lowest BCUT2D eigenvalue weighted by molar-refractivity contribution is 0.856. The van der Waals surface area contributed by atoms with E-state index in [1.54, 1.807) is 10.6 Å². The van der Waals surface area contributed by atoms with Crippen LogP contribution in [0.1, 0.15) is 12.5 Å². The van der Waals surface area contributed by atoms with E-state index < -0.39 is 0 Å². The first-order chi connectivity index (χ1) is 11.1. The van der Waals surface area contributed by atoms with Crippen LogP contribution in [0.4, 0.5) is 5.82 Å². The summed E-state index contributed by atoms with van der Waals surface area (Å²) >= 11 is 12.8. The summed E-state index contributed by atoms with van der Waals surface area (Å²) in [5.74, 6) is 0.747. The minimum atomic E-state index is 0.290. The van der Waals surface area contributed by atoms with Crippen molar-refractivity contribution in [1.29, 1.82) is 5.26 Å². The molecule has 0 amide bonds. The van der Waals surface area contributed by atoms with Crippen molar-refractivity contribution in [1.82, 2.24) is 14.6 Å². The van der Waals surface area contributed by atoms with E-state index >= 15 is 0 Å². The number of hydrogen-bond donors (Lipinski definition) is 0. The van der Waals surface area contributed by atoms with Gasteiger partial charge in [-0.15, -0.1) is 0 Å². The number of nitrogens with zero attached hydrogens (tertiary/aromatic N) is 5. The highest BCUT2D eigenvalue weighted by molar-refractivity contribution is 6.36. The first kappa shape index (κ1) is 15.6. The van der Waals surface area contributed by atoms with Gasteiger partial charge in [-0.1, -0.05) is 41.4 Å². The quantitative estimate of drug-likeness (QED) is 0.672. The summed E-state index contributed by atoms with van der Waals surface area (Å²) < 4.78 is 1.63. The molecule has 0 unspecified atom stereocenters. The Morgan fingerprint density at radius 3 is 2.70 bits per heavy atom. The molecule has 0 N–H and O–H groups in total. The van der Waals surface area contributed by atoms with Crippen LogP contribution in [0.25, 0.3) is 16.8 Å². The predicted octanol–water partition coefficient (Wildman–Crippen LogP) is 4.03. The van der Waals surface area contributed by atoms with Crippen LogP contribution in [-0.4, -0.2) is 28.2 Å². The number of rotatable bonds is 3. The topological polar surface area (TPSA) is 57.2 Å². The van der Waals surface area contributed by atoms with Crippen LogP contribution < -0.4 is 4.90 Å². The summed E-state index contributed by atoms with van der Waals surface area (Å²) in [5.41, 5.74) is 2.28. The third-order valence-electron chi connectivity index (χ3n) is 3.68. The monoisotopic (exact) mass is 345 g/mol. The fourth-order valence-corrected chi connectivity index (χ4v) is 2.92. The van der Waals surface area contributed by atoms with Gasteiger partial charge in [0.25, 0.3) is 0 Å². The van der Waals surface area contributed by atoms with E-state index in [4.69, 9.17) is 23.2 Å². The van der Waals surface area contributed by atoms with Gasteiger partial charge in [-0.25, -0.2) is 4.98 Å². The Labute approximate surface area is 143 Å². The van der Waals surface area contributed by atoms with E-state index in [1.165, 1.54) is 6.20 Å². The lowest BCUT2D eigenvalue weighted by atomic mass is 10.1. The molecule has 116 valence electrons. The maximum Gasteiger partial charge on any atom is 0.176 e. The average molecular weight is 346 g/mol. The molecule has 2 heterocycles. The standard InChI is InChI=1S/C16H13Cl2N5/c1-3-22(2)16-13(11-6-4-5-7-12(11)17)14(18)21-15-10(8-19)9-20-23(15)16/h4-7,9H,3H2,1-2H3. The molecule has 0 atom stereocenters. The summed E-state index contributed by atoms with van der Waals surface area (Å²) in [5, 5.41) is 14.4. The zero-order chi connectivity index (χ0) is 16.6. The second kappa shape index (κ2) is 6.07. The zero-order valence-electron chi connectivity index (χ0n) is 12.6. The van der Waals surface area contributed by atoms with Crippen LogP contribution in [0, 0.1) is 11.3 Å². The molecule has 0 saturated heterocycles. The molecule has 3 rings (SSSR count). The summed E-state index contributed by atoms with van der Waals surface area (Å²) in [6.07, 6.45) is 1.49. The maximum absolute atomic E-state index is 9.21. The van der Waals surface area contributed by atoms with Gasteiger partial charge in [-0.2, -0.15) is 14.9 Å². The largest absolute Gasteiger partial charge is 0.359 e. The molecular formula is C16H13Cl2N5. The van der Waals surface area contributed by atoms with Crippen molar-refractivity contribution in [3.05, 3.63) is 46.2 Å². The summed E-state index contributed by atoms with van der Waals surface area (Å²) in [4.78, 5) is 6.35. The minimum absolute atomic E-state index is 0.290. The van der Waals surface area contributed by atoms with Crippen LogP contribution in [0.15, 0.2) is 30.5 Å². The molecule has 1 aromatic carbocycles. The second-order valence-electron chi connectivity index (χ2n) is 5.00. The number of halogens is 2. The van der Waals surface area contributed by atoms with Gasteiger partial charge in [0.05, 0.1) is 11.8 Å². The molecule has 0 bridgehead atoms. The maximum atomic E-state index is 9.21. The molecule has 0 fully saturated rings. The zero-order valence-corrected chi connectivity index (χ0v) is 14.1. The normalized spacial score (nSPS) is 10.7. The highest BCUT2D eigenvalue weighted by atomic mass is 35.5. The first-order valence-corrected chi connectivity index (χ1v) is 7.77. The molecule has 0 radical (unpaired) electrons. The fraction of sp³-hybridized carbons (Fsp3) is 0.188. The van der Waals surface area contributed by atoms with Crippen molar-refractivity contribution in [2.24, 2.45) is 0 Å². The smallest absolute Gasteiger partial charge is 0.176 e. The number of hydrogen-bond acceptors (Lipinski definition) is 4. The van der Waals surface area contributed by atoms with Crippen molar-refractivity contribution >= 4 is 34.7 Å². The third-order valence-corrected chi connectivity index (χ3v) is 4.28. The van der Waals surface area contributed by atoms with Crippen LogP contribution >= 0.6 is 23.2 Å². The van der Waals surface area contributed by atoms with Gasteiger partial charge in [-0.3, -0.25) is 0 Å². The number of fused-ring (bicyclic) bond motifs is 1. The van der Waals surface area contributed by atoms with Crippen LogP contribution in [0.2, 0.25) is 10.2 Å². The van der Waals surface area contributed by atoms with Gasteiger partial charge < -0.3 is 4.90 Å². The summed E-state index contributed by atoms with van der Waals surface area (Å²) in [7, 11) is 1.93. The lowest BCUT2D eigenvalue weighted by Gasteiger charge is -2.22. The van der Waals surface area contributed by atoms with E-state index in [0.29, 0.717) is 21.8 Å². The van der Waals surface area contributed by atoms with Gasteiger partial charge >= 0.3 is 0 Å². The second-order valence-corrected chi connectivity index (χ2v) is 5.77. The molecule has 0 saturated carbocycles. The average Bonchev–Trinajstić information content (AvgIpc) is 2.96. The van der Waals surface area contributed by atoms with E-state index in [9.17, 15) is 5.26 Å². The van der Waals surface area contributed by atoms with Gasteiger partial charge in [0.2, 0.25) is 0 Å². The van der Waals surface area contributed by atoms with Crippen molar-refractivity contribution in [3.63, 3.8) is 0 Å². The SMILES string of the molecule is CCN(C)c1c(-c2ccccc2Cl)c(Cl)nc2c(C#N)cnn12. The third kappa shape index (κ3) is 2.50. The van der Waals surface area contributed by atoms with Crippen molar-refractivity contribution in [2.75, 3.05) is 18.5 Å². The Morgan fingerprint density at radius 2 is 2.04 bits per heavy atom. The Kier molecular flexibility index (Phi) is 4.12. The molecule has 5 nitrogen and oxygen atoms in total. The Balaban J connectivity index is 2.44. The van der Waals surface area contributed by atoms with E-state index in [0.717, 1.165) is 17.9 Å². The Morgan fingerprint density at radius 1 is 1.30 bits per heavy atom. The van der Waals surface area contributed by atoms with Gasteiger partial charge in [0.1, 0.15) is 22.6 Å². The molecule has 2 aromatic heterocycles. The van der Waals surface area contributed by atoms with Gasteiger partial charge in [-0.05, 0) is 13.0 Å². The van der Waals surface area contributed by atoms with E-state index in [1.807, 2.05) is 37.1 Å². The van der Waals surface area contributed by atoms with Crippen LogP contribution in [-0.2, 0) is 0 Å². The van der Waals surface area contributed by atoms with E-state index in [2.05, 4.69) is 16.2 Å². The van der Waals surface area contributed by atoms with E-state index in [-0.39, 0.29) is 5.15 Å². The predicted molar refractivity (Wildman–Crippen MR) is 92.1 cm³/mol. The highest BCUT2D eigenvalue weighted by Crippen LogP contribution is 2.39. The highest BCUT2D eigenvalue weighted by Gasteiger charge is 2.22. The first-order valence-electron chi connectivity index (χ1n) is 7.01. The fourth-order valence-electron chi connectivity index (χ4n) is 2.43. The van der Waals surface area contributed by atoms with Crippen LogP contribution in [0.5, 0.6) is 0 Å². The van der Waals surface area contributed by atoms with Gasteiger partial charge in [0, 0.05) is 24.2 Å². The summed E-state index contributed by atoms with van der Waals surface area (Å²) in [6.45, 7) is 2.75. The van der Waals surface area contributed by atoms with Crippen molar-refractivity contribution in [3.8, 4) is 17.2 Å². The number of anilines is 1. The Hall–Kier alpha value is -2.29. The molecule has 0 aliphatic rings. The lowest BCUT2D eigenvalue weighted by Crippen LogP contribution is -2.21. The number of nitriles is 1. The Bertz CT molecular complexity index is 926. The number of aromatic nitrogens is 3. The molecular weight excluding hydrogens is 333 g/mol. The van der Waals surface area contributed by atoms with Crippen LogP contribution in [0.3, 0.4) is 0 Å². The molecule has 7 heteroatoms.